The van der Waals surface area contributed by atoms with E-state index in [-0.39, 0.29) is 12.1 Å². The predicted molar refractivity (Wildman–Crippen MR) is 92.7 cm³/mol. The van der Waals surface area contributed by atoms with Crippen LogP contribution in [-0.2, 0) is 0 Å². The van der Waals surface area contributed by atoms with Gasteiger partial charge in [-0.2, -0.15) is 5.53 Å². The van der Waals surface area contributed by atoms with E-state index in [4.69, 9.17) is 0 Å². The van der Waals surface area contributed by atoms with Gasteiger partial charge in [0.1, 0.15) is 5.69 Å². The van der Waals surface area contributed by atoms with Gasteiger partial charge in [0, 0.05) is 18.9 Å². The first-order chi connectivity index (χ1) is 11.8. The molecule has 6 heteroatoms. The minimum atomic E-state index is 0.233. The second-order valence-corrected chi connectivity index (χ2v) is 5.97. The largest absolute Gasteiger partial charge is 0.330 e. The molecular weight excluding hydrogens is 300 g/mol. The van der Waals surface area contributed by atoms with Crippen LogP contribution in [0.1, 0.15) is 30.1 Å². The topological polar surface area (TPSA) is 66.8 Å². The SMILES string of the molecule is CC(c1ccccc1)n1cnc(-c2cc(C3CNNN3)ccn2)c1. The lowest BCUT2D eigenvalue weighted by molar-refractivity contribution is 0.555. The van der Waals surface area contributed by atoms with E-state index in [1.807, 2.05) is 24.7 Å². The number of pyridine rings is 1. The molecule has 0 radical (unpaired) electrons. The summed E-state index contributed by atoms with van der Waals surface area (Å²) in [6, 6.07) is 15.0. The van der Waals surface area contributed by atoms with E-state index in [1.165, 1.54) is 11.1 Å². The van der Waals surface area contributed by atoms with Crippen molar-refractivity contribution in [3.05, 3.63) is 72.3 Å². The summed E-state index contributed by atoms with van der Waals surface area (Å²) >= 11 is 0. The molecule has 0 amide bonds. The molecule has 2 aromatic heterocycles. The number of nitrogens with zero attached hydrogens (tertiary/aromatic N) is 3. The van der Waals surface area contributed by atoms with Crippen molar-refractivity contribution >= 4 is 0 Å². The average molecular weight is 320 g/mol. The highest BCUT2D eigenvalue weighted by Gasteiger charge is 2.17. The number of hydrazine groups is 2. The van der Waals surface area contributed by atoms with Gasteiger partial charge < -0.3 is 4.57 Å². The molecule has 24 heavy (non-hydrogen) atoms. The van der Waals surface area contributed by atoms with Crippen LogP contribution in [0.15, 0.2) is 61.2 Å². The summed E-state index contributed by atoms with van der Waals surface area (Å²) in [5.41, 5.74) is 13.4. The summed E-state index contributed by atoms with van der Waals surface area (Å²) in [6.45, 7) is 3.01. The third-order valence-electron chi connectivity index (χ3n) is 4.42. The molecule has 4 rings (SSSR count). The van der Waals surface area contributed by atoms with Crippen LogP contribution < -0.4 is 16.4 Å². The maximum atomic E-state index is 4.55. The summed E-state index contributed by atoms with van der Waals surface area (Å²) in [7, 11) is 0. The van der Waals surface area contributed by atoms with Crippen molar-refractivity contribution in [3.8, 4) is 11.4 Å². The van der Waals surface area contributed by atoms with E-state index in [1.54, 1.807) is 0 Å². The Bertz CT molecular complexity index is 807. The van der Waals surface area contributed by atoms with Gasteiger partial charge in [-0.05, 0) is 30.2 Å². The average Bonchev–Trinajstić information content (AvgIpc) is 3.34. The second kappa shape index (κ2) is 6.52. The smallest absolute Gasteiger partial charge is 0.107 e. The van der Waals surface area contributed by atoms with Gasteiger partial charge in [-0.1, -0.05) is 30.3 Å². The number of benzene rings is 1. The van der Waals surface area contributed by atoms with E-state index < -0.39 is 0 Å². The number of nitrogens with one attached hydrogen (secondary N) is 3. The fourth-order valence-corrected chi connectivity index (χ4v) is 2.93. The lowest BCUT2D eigenvalue weighted by Crippen LogP contribution is -2.30. The third-order valence-corrected chi connectivity index (χ3v) is 4.42. The standard InChI is InChI=1S/C18H20N6/c1-13(14-5-3-2-4-6-14)24-11-18(20-12-24)16-9-15(7-8-19-16)17-10-21-23-22-17/h2-9,11-13,17,21-23H,10H2,1H3. The Labute approximate surface area is 140 Å². The van der Waals surface area contributed by atoms with Crippen molar-refractivity contribution in [2.24, 2.45) is 0 Å². The van der Waals surface area contributed by atoms with E-state index >= 15 is 0 Å². The van der Waals surface area contributed by atoms with Crippen LogP contribution >= 0.6 is 0 Å². The fourth-order valence-electron chi connectivity index (χ4n) is 2.93. The Morgan fingerprint density at radius 2 is 2.00 bits per heavy atom. The molecule has 6 nitrogen and oxygen atoms in total. The monoisotopic (exact) mass is 320 g/mol. The summed E-state index contributed by atoms with van der Waals surface area (Å²) in [5.74, 6) is 0. The van der Waals surface area contributed by atoms with E-state index in [9.17, 15) is 0 Å². The zero-order chi connectivity index (χ0) is 16.4. The summed E-state index contributed by atoms with van der Waals surface area (Å²) in [4.78, 5) is 9.03. The van der Waals surface area contributed by atoms with Gasteiger partial charge in [0.25, 0.3) is 0 Å². The Morgan fingerprint density at radius 3 is 2.79 bits per heavy atom. The molecule has 1 aliphatic rings. The molecule has 2 unspecified atom stereocenters. The van der Waals surface area contributed by atoms with Crippen molar-refractivity contribution in [2.45, 2.75) is 19.0 Å². The first-order valence-corrected chi connectivity index (χ1v) is 8.09. The minimum Gasteiger partial charge on any atom is -0.330 e. The van der Waals surface area contributed by atoms with E-state index in [0.29, 0.717) is 0 Å². The molecule has 2 atom stereocenters. The van der Waals surface area contributed by atoms with Crippen molar-refractivity contribution in [1.29, 1.82) is 0 Å². The highest BCUT2D eigenvalue weighted by Crippen LogP contribution is 2.23. The third kappa shape index (κ3) is 2.94. The number of rotatable bonds is 4. The molecular formula is C18H20N6. The van der Waals surface area contributed by atoms with E-state index in [2.05, 4.69) is 74.4 Å². The van der Waals surface area contributed by atoms with Gasteiger partial charge in [0.15, 0.2) is 0 Å². The van der Waals surface area contributed by atoms with Gasteiger partial charge in [0.2, 0.25) is 0 Å². The van der Waals surface area contributed by atoms with Crippen LogP contribution in [0.25, 0.3) is 11.4 Å². The quantitative estimate of drug-likeness (QED) is 0.688. The van der Waals surface area contributed by atoms with Gasteiger partial charge in [-0.15, -0.1) is 0 Å². The van der Waals surface area contributed by atoms with Gasteiger partial charge in [0.05, 0.1) is 24.1 Å². The highest BCUT2D eigenvalue weighted by molar-refractivity contribution is 5.54. The second-order valence-electron chi connectivity index (χ2n) is 5.97. The van der Waals surface area contributed by atoms with Crippen LogP contribution in [0.3, 0.4) is 0 Å². The number of hydrogen-bond donors (Lipinski definition) is 3. The van der Waals surface area contributed by atoms with Crippen molar-refractivity contribution < 1.29 is 0 Å². The molecule has 1 saturated heterocycles. The number of hydrogen-bond acceptors (Lipinski definition) is 5. The van der Waals surface area contributed by atoms with Crippen LogP contribution in [0.2, 0.25) is 0 Å². The van der Waals surface area contributed by atoms with Gasteiger partial charge in [-0.3, -0.25) is 4.98 Å². The molecule has 0 saturated carbocycles. The minimum absolute atomic E-state index is 0.233. The van der Waals surface area contributed by atoms with Crippen LogP contribution in [0.5, 0.6) is 0 Å². The summed E-state index contributed by atoms with van der Waals surface area (Å²) in [5, 5.41) is 0. The van der Waals surface area contributed by atoms with Crippen LogP contribution in [-0.4, -0.2) is 21.1 Å². The molecule has 0 bridgehead atoms. The summed E-state index contributed by atoms with van der Waals surface area (Å²) < 4.78 is 2.12. The van der Waals surface area contributed by atoms with Gasteiger partial charge in [-0.25, -0.2) is 15.8 Å². The van der Waals surface area contributed by atoms with Crippen LogP contribution in [0, 0.1) is 0 Å². The lowest BCUT2D eigenvalue weighted by Gasteiger charge is -2.13. The lowest BCUT2D eigenvalue weighted by atomic mass is 10.1. The number of aromatic nitrogens is 3. The molecule has 122 valence electrons. The molecule has 3 aromatic rings. The summed E-state index contributed by atoms with van der Waals surface area (Å²) in [6.07, 6.45) is 5.77. The first-order valence-electron chi connectivity index (χ1n) is 8.09. The van der Waals surface area contributed by atoms with Crippen molar-refractivity contribution in [3.63, 3.8) is 0 Å². The molecule has 3 heterocycles. The molecule has 0 spiro atoms. The normalized spacial score (nSPS) is 18.6. The maximum Gasteiger partial charge on any atom is 0.107 e. The maximum absolute atomic E-state index is 4.55. The van der Waals surface area contributed by atoms with E-state index in [0.717, 1.165) is 17.9 Å². The van der Waals surface area contributed by atoms with Gasteiger partial charge >= 0.3 is 0 Å². The highest BCUT2D eigenvalue weighted by atomic mass is 15.6. The molecule has 3 N–H and O–H groups in total. The molecule has 1 aliphatic heterocycles. The van der Waals surface area contributed by atoms with Crippen LogP contribution in [0.4, 0.5) is 0 Å². The molecule has 1 aromatic carbocycles. The zero-order valence-electron chi connectivity index (χ0n) is 13.5. The Hall–Kier alpha value is -2.54. The predicted octanol–water partition coefficient (Wildman–Crippen LogP) is 2.21. The Kier molecular flexibility index (Phi) is 4.08. The Morgan fingerprint density at radius 1 is 1.12 bits per heavy atom. The fraction of sp³-hybridized carbons (Fsp3) is 0.222. The molecule has 1 fully saturated rings. The zero-order valence-corrected chi connectivity index (χ0v) is 13.5. The van der Waals surface area contributed by atoms with Crippen molar-refractivity contribution in [1.82, 2.24) is 30.9 Å². The Balaban J connectivity index is 1.59. The van der Waals surface area contributed by atoms with Crippen molar-refractivity contribution in [2.75, 3.05) is 6.54 Å². The molecule has 0 aliphatic carbocycles. The first kappa shape index (κ1) is 15.0. The number of imidazole rings is 1.